The van der Waals surface area contributed by atoms with Crippen LogP contribution in [0.2, 0.25) is 19.1 Å². The maximum Gasteiger partial charge on any atom is 0.231 e. The summed E-state index contributed by atoms with van der Waals surface area (Å²) in [5.74, 6) is 0. The highest BCUT2D eigenvalue weighted by atomic mass is 28.4. The van der Waals surface area contributed by atoms with E-state index in [1.165, 1.54) is 0 Å². The zero-order chi connectivity index (χ0) is 8.41. The monoisotopic (exact) mass is 161 g/mol. The molecule has 1 radical (unpaired) electrons. The minimum absolute atomic E-state index is 0.635. The van der Waals surface area contributed by atoms with Gasteiger partial charge in [-0.2, -0.15) is 0 Å². The van der Waals surface area contributed by atoms with E-state index >= 15 is 0 Å². The summed E-state index contributed by atoms with van der Waals surface area (Å²) >= 11 is 0. The molecule has 0 fully saturated rings. The maximum absolute atomic E-state index is 11.2. The average molecular weight is 161 g/mol. The van der Waals surface area contributed by atoms with Crippen molar-refractivity contribution >= 4 is 8.32 Å². The van der Waals surface area contributed by atoms with Crippen LogP contribution in [-0.4, -0.2) is 19.0 Å². The SMILES string of the molecule is CC(C)(O)CC[Si](C)(C)[O]. The Hall–Kier alpha value is 0.137. The second-order valence-electron chi connectivity index (χ2n) is 4.07. The highest BCUT2D eigenvalue weighted by Gasteiger charge is 2.23. The lowest BCUT2D eigenvalue weighted by Gasteiger charge is -2.19. The Morgan fingerprint density at radius 1 is 1.40 bits per heavy atom. The zero-order valence-electron chi connectivity index (χ0n) is 7.27. The molecule has 0 saturated carbocycles. The summed E-state index contributed by atoms with van der Waals surface area (Å²) < 4.78 is 0. The molecule has 0 aromatic rings. The van der Waals surface area contributed by atoms with Crippen molar-refractivity contribution in [2.75, 3.05) is 0 Å². The molecule has 0 aromatic heterocycles. The molecule has 0 aromatic carbocycles. The molecule has 0 bridgehead atoms. The Morgan fingerprint density at radius 2 is 1.80 bits per heavy atom. The van der Waals surface area contributed by atoms with Gasteiger partial charge in [0, 0.05) is 0 Å². The van der Waals surface area contributed by atoms with E-state index in [1.807, 2.05) is 0 Å². The summed E-state index contributed by atoms with van der Waals surface area (Å²) in [6.45, 7) is 7.04. The molecule has 3 heteroatoms. The summed E-state index contributed by atoms with van der Waals surface area (Å²) in [5, 5.41) is 9.26. The molecule has 0 spiro atoms. The molecule has 0 atom stereocenters. The highest BCUT2D eigenvalue weighted by molar-refractivity contribution is 6.69. The van der Waals surface area contributed by atoms with E-state index in [0.717, 1.165) is 0 Å². The van der Waals surface area contributed by atoms with E-state index in [2.05, 4.69) is 0 Å². The van der Waals surface area contributed by atoms with Gasteiger partial charge in [-0.05, 0) is 39.4 Å². The molecular formula is C7H17O2Si. The number of hydrogen-bond donors (Lipinski definition) is 1. The molecule has 61 valence electrons. The van der Waals surface area contributed by atoms with Crippen LogP contribution in [0.4, 0.5) is 0 Å². The van der Waals surface area contributed by atoms with Crippen molar-refractivity contribution in [3.8, 4) is 0 Å². The Labute approximate surface area is 64.0 Å². The van der Waals surface area contributed by atoms with Crippen molar-refractivity contribution < 1.29 is 9.90 Å². The van der Waals surface area contributed by atoms with Crippen molar-refractivity contribution in [3.63, 3.8) is 0 Å². The molecule has 0 rings (SSSR count). The van der Waals surface area contributed by atoms with Gasteiger partial charge in [-0.15, -0.1) is 0 Å². The smallest absolute Gasteiger partial charge is 0.231 e. The van der Waals surface area contributed by atoms with E-state index in [-0.39, 0.29) is 0 Å². The lowest BCUT2D eigenvalue weighted by Crippen LogP contribution is -2.28. The molecule has 1 N–H and O–H groups in total. The largest absolute Gasteiger partial charge is 0.390 e. The summed E-state index contributed by atoms with van der Waals surface area (Å²) in [7, 11) is -2.18. The third-order valence-corrected chi connectivity index (χ3v) is 2.79. The molecule has 10 heavy (non-hydrogen) atoms. The Kier molecular flexibility index (Phi) is 3.07. The van der Waals surface area contributed by atoms with Gasteiger partial charge in [0.15, 0.2) is 0 Å². The molecule has 0 aliphatic rings. The molecule has 0 unspecified atom stereocenters. The van der Waals surface area contributed by atoms with Gasteiger partial charge in [0.25, 0.3) is 0 Å². The van der Waals surface area contributed by atoms with Crippen molar-refractivity contribution in [2.24, 2.45) is 0 Å². The van der Waals surface area contributed by atoms with Crippen molar-refractivity contribution in [1.82, 2.24) is 0 Å². The van der Waals surface area contributed by atoms with Gasteiger partial charge in [-0.1, -0.05) is 0 Å². The van der Waals surface area contributed by atoms with Crippen LogP contribution in [0.25, 0.3) is 0 Å². The second-order valence-corrected chi connectivity index (χ2v) is 8.09. The zero-order valence-corrected chi connectivity index (χ0v) is 8.27. The highest BCUT2D eigenvalue weighted by Crippen LogP contribution is 2.17. The van der Waals surface area contributed by atoms with Crippen LogP contribution in [0.3, 0.4) is 0 Å². The Balaban J connectivity index is 3.56. The first kappa shape index (κ1) is 10.1. The summed E-state index contributed by atoms with van der Waals surface area (Å²) in [6, 6.07) is 0.663. The molecule has 0 heterocycles. The van der Waals surface area contributed by atoms with Gasteiger partial charge in [0.1, 0.15) is 0 Å². The number of hydrogen-bond acceptors (Lipinski definition) is 1. The third-order valence-electron chi connectivity index (χ3n) is 1.34. The summed E-state index contributed by atoms with van der Waals surface area (Å²) in [5.41, 5.74) is -0.658. The van der Waals surface area contributed by atoms with Crippen LogP contribution < -0.4 is 0 Å². The minimum Gasteiger partial charge on any atom is -0.390 e. The van der Waals surface area contributed by atoms with Crippen LogP contribution >= 0.6 is 0 Å². The van der Waals surface area contributed by atoms with Crippen molar-refractivity contribution in [1.29, 1.82) is 0 Å². The standard InChI is InChI=1S/C7H17O2Si/c1-7(2,8)5-6-10(3,4)9/h8H,5-6H2,1-4H3. The van der Waals surface area contributed by atoms with Gasteiger partial charge in [-0.25, -0.2) is 0 Å². The molecule has 0 aliphatic carbocycles. The minimum atomic E-state index is -2.18. The van der Waals surface area contributed by atoms with Crippen LogP contribution in [0, 0.1) is 0 Å². The molecular weight excluding hydrogens is 144 g/mol. The molecule has 0 amide bonds. The van der Waals surface area contributed by atoms with Crippen molar-refractivity contribution in [3.05, 3.63) is 0 Å². The van der Waals surface area contributed by atoms with Crippen LogP contribution in [0.5, 0.6) is 0 Å². The van der Waals surface area contributed by atoms with Crippen LogP contribution in [0.1, 0.15) is 20.3 Å². The first-order chi connectivity index (χ1) is 4.21. The fourth-order valence-corrected chi connectivity index (χ4v) is 1.82. The molecule has 0 aliphatic heterocycles. The van der Waals surface area contributed by atoms with Gasteiger partial charge in [0.05, 0.1) is 5.60 Å². The van der Waals surface area contributed by atoms with E-state index in [9.17, 15) is 9.90 Å². The Morgan fingerprint density at radius 3 is 1.90 bits per heavy atom. The predicted molar refractivity (Wildman–Crippen MR) is 43.9 cm³/mol. The average Bonchev–Trinajstić information content (AvgIpc) is 1.57. The van der Waals surface area contributed by atoms with E-state index in [0.29, 0.717) is 12.5 Å². The van der Waals surface area contributed by atoms with Gasteiger partial charge < -0.3 is 5.11 Å². The fourth-order valence-electron chi connectivity index (χ4n) is 0.607. The lowest BCUT2D eigenvalue weighted by molar-refractivity contribution is 0.0749. The third kappa shape index (κ3) is 8.14. The first-order valence-electron chi connectivity index (χ1n) is 3.63. The van der Waals surface area contributed by atoms with E-state index in [1.54, 1.807) is 26.9 Å². The van der Waals surface area contributed by atoms with Gasteiger partial charge >= 0.3 is 0 Å². The first-order valence-corrected chi connectivity index (χ1v) is 6.75. The number of rotatable bonds is 3. The predicted octanol–water partition coefficient (Wildman–Crippen LogP) is 1.78. The quantitative estimate of drug-likeness (QED) is 0.630. The van der Waals surface area contributed by atoms with Crippen LogP contribution in [0.15, 0.2) is 0 Å². The second kappa shape index (κ2) is 3.03. The van der Waals surface area contributed by atoms with E-state index < -0.39 is 13.9 Å². The van der Waals surface area contributed by atoms with Crippen molar-refractivity contribution in [2.45, 2.75) is 45.0 Å². The fraction of sp³-hybridized carbons (Fsp3) is 1.00. The topological polar surface area (TPSA) is 40.1 Å². The van der Waals surface area contributed by atoms with Gasteiger partial charge in [-0.3, -0.25) is 4.80 Å². The molecule has 2 nitrogen and oxygen atoms in total. The lowest BCUT2D eigenvalue weighted by atomic mass is 10.1. The summed E-state index contributed by atoms with van der Waals surface area (Å²) in [6.07, 6.45) is 0.635. The Bertz CT molecular complexity index is 85.2. The normalized spacial score (nSPS) is 13.8. The molecule has 0 saturated heterocycles. The van der Waals surface area contributed by atoms with E-state index in [4.69, 9.17) is 0 Å². The number of aliphatic hydroxyl groups is 1. The van der Waals surface area contributed by atoms with Crippen LogP contribution in [-0.2, 0) is 4.80 Å². The maximum atomic E-state index is 11.2. The summed E-state index contributed by atoms with van der Waals surface area (Å²) in [4.78, 5) is 11.2. The van der Waals surface area contributed by atoms with Gasteiger partial charge in [0.2, 0.25) is 8.32 Å².